The first kappa shape index (κ1) is 27.6. The van der Waals surface area contributed by atoms with E-state index >= 15 is 0 Å². The molecule has 1 aliphatic heterocycles. The molecule has 1 amide bonds. The van der Waals surface area contributed by atoms with E-state index in [2.05, 4.69) is 57.1 Å². The van der Waals surface area contributed by atoms with Gasteiger partial charge < -0.3 is 15.5 Å². The molecule has 0 aromatic heterocycles. The molecule has 7 heteroatoms. The third-order valence-corrected chi connectivity index (χ3v) is 9.47. The van der Waals surface area contributed by atoms with Gasteiger partial charge in [-0.15, -0.1) is 0 Å². The summed E-state index contributed by atoms with van der Waals surface area (Å²) in [6, 6.07) is 8.07. The number of halogens is 2. The molecule has 1 aromatic rings. The van der Waals surface area contributed by atoms with Crippen molar-refractivity contribution >= 4 is 39.1 Å². The molecule has 6 unspecified atom stereocenters. The Bertz CT molecular complexity index is 1160. The first-order valence-corrected chi connectivity index (χ1v) is 15.1. The van der Waals surface area contributed by atoms with Gasteiger partial charge in [-0.2, -0.15) is 0 Å². The Morgan fingerprint density at radius 3 is 2.66 bits per heavy atom. The molecule has 4 aliphatic rings. The molecule has 202 valence electrons. The summed E-state index contributed by atoms with van der Waals surface area (Å²) >= 11 is 9.76. The van der Waals surface area contributed by atoms with Crippen LogP contribution >= 0.6 is 27.5 Å². The molecule has 1 heterocycles. The number of morpholine rings is 1. The minimum Gasteiger partial charge on any atom is -0.379 e. The van der Waals surface area contributed by atoms with Gasteiger partial charge in [0.25, 0.3) is 0 Å². The average Bonchev–Trinajstić information content (AvgIpc) is 2.93. The van der Waals surface area contributed by atoms with Crippen molar-refractivity contribution in [1.82, 2.24) is 10.2 Å². The van der Waals surface area contributed by atoms with Gasteiger partial charge in [-0.05, 0) is 83.1 Å². The molecule has 38 heavy (non-hydrogen) atoms. The van der Waals surface area contributed by atoms with Crippen molar-refractivity contribution in [3.63, 3.8) is 0 Å². The van der Waals surface area contributed by atoms with Gasteiger partial charge in [-0.1, -0.05) is 54.7 Å². The molecule has 6 atom stereocenters. The molecule has 0 bridgehead atoms. The van der Waals surface area contributed by atoms with Crippen LogP contribution in [-0.2, 0) is 9.53 Å². The van der Waals surface area contributed by atoms with Crippen LogP contribution in [0, 0.1) is 40.9 Å². The molecule has 5 rings (SSSR count). The number of rotatable bonds is 6. The van der Waals surface area contributed by atoms with Crippen LogP contribution in [0.2, 0.25) is 5.02 Å². The van der Waals surface area contributed by atoms with Gasteiger partial charge in [0.1, 0.15) is 0 Å². The van der Waals surface area contributed by atoms with Crippen molar-refractivity contribution < 1.29 is 9.53 Å². The maximum Gasteiger partial charge on any atom is 0.224 e. The van der Waals surface area contributed by atoms with Gasteiger partial charge in [-0.25, -0.2) is 0 Å². The Balaban J connectivity index is 1.40. The van der Waals surface area contributed by atoms with Crippen LogP contribution in [0.1, 0.15) is 57.1 Å². The smallest absolute Gasteiger partial charge is 0.224 e. The first-order valence-electron chi connectivity index (χ1n) is 13.9. The SMILES string of the molecule is CC1C=C(Br)C#CC1C1CC(N2CCOCC2)CCC1C(=O)NC(C1=CCC(=N)CC1)c1ccc(Cl)cc1. The fourth-order valence-electron chi connectivity index (χ4n) is 6.65. The van der Waals surface area contributed by atoms with Gasteiger partial charge in [0.2, 0.25) is 5.91 Å². The number of ether oxygens (including phenoxy) is 1. The largest absolute Gasteiger partial charge is 0.379 e. The maximum absolute atomic E-state index is 14.1. The van der Waals surface area contributed by atoms with Crippen LogP contribution in [-0.4, -0.2) is 48.9 Å². The molecule has 0 radical (unpaired) electrons. The van der Waals surface area contributed by atoms with Crippen molar-refractivity contribution in [3.8, 4) is 11.8 Å². The van der Waals surface area contributed by atoms with Crippen molar-refractivity contribution in [1.29, 1.82) is 5.41 Å². The standard InChI is InChI=1S/C31H37BrClN3O2/c1-20-18-23(32)6-12-27(20)29-19-26(36-14-16-38-17-15-36)11-13-28(29)31(37)35-30(21-2-7-24(33)8-3-21)22-4-9-25(34)10-5-22/h2-4,7-8,18,20,26-30,34H,5,9-11,13-17,19H2,1H3,(H,35,37). The Hall–Kier alpha value is -1.91. The predicted molar refractivity (Wildman–Crippen MR) is 156 cm³/mol. The summed E-state index contributed by atoms with van der Waals surface area (Å²) in [5.74, 6) is 7.45. The number of nitrogens with zero attached hydrogens (tertiary/aromatic N) is 1. The van der Waals surface area contributed by atoms with Crippen LogP contribution in [0.3, 0.4) is 0 Å². The fraction of sp³-hybridized carbons (Fsp3) is 0.548. The monoisotopic (exact) mass is 597 g/mol. The van der Waals surface area contributed by atoms with Crippen LogP contribution in [0.25, 0.3) is 0 Å². The summed E-state index contributed by atoms with van der Waals surface area (Å²) in [5.41, 5.74) is 2.98. The van der Waals surface area contributed by atoms with Gasteiger partial charge >= 0.3 is 0 Å². The maximum atomic E-state index is 14.1. The molecule has 1 saturated heterocycles. The lowest BCUT2D eigenvalue weighted by molar-refractivity contribution is -0.130. The van der Waals surface area contributed by atoms with Crippen molar-refractivity contribution in [2.24, 2.45) is 23.7 Å². The molecular weight excluding hydrogens is 562 g/mol. The number of hydrogen-bond donors (Lipinski definition) is 2. The van der Waals surface area contributed by atoms with E-state index in [1.54, 1.807) is 0 Å². The highest BCUT2D eigenvalue weighted by atomic mass is 79.9. The molecule has 1 aromatic carbocycles. The van der Waals surface area contributed by atoms with Gasteiger partial charge in [0.15, 0.2) is 0 Å². The lowest BCUT2D eigenvalue weighted by atomic mass is 9.66. The van der Waals surface area contributed by atoms with E-state index in [9.17, 15) is 4.79 Å². The number of allylic oxidation sites excluding steroid dienone is 3. The van der Waals surface area contributed by atoms with Crippen LogP contribution in [0.15, 0.2) is 46.5 Å². The first-order chi connectivity index (χ1) is 18.4. The third-order valence-electron chi connectivity index (χ3n) is 8.75. The Morgan fingerprint density at radius 1 is 1.21 bits per heavy atom. The van der Waals surface area contributed by atoms with Gasteiger partial charge in [-0.3, -0.25) is 9.69 Å². The highest BCUT2D eigenvalue weighted by Crippen LogP contribution is 2.42. The number of hydrogen-bond acceptors (Lipinski definition) is 4. The van der Waals surface area contributed by atoms with E-state index in [1.807, 2.05) is 24.3 Å². The second kappa shape index (κ2) is 12.5. The average molecular weight is 599 g/mol. The van der Waals surface area contributed by atoms with E-state index in [1.165, 1.54) is 5.57 Å². The molecular formula is C31H37BrClN3O2. The second-order valence-corrected chi connectivity index (χ2v) is 12.4. The molecule has 2 fully saturated rings. The topological polar surface area (TPSA) is 65.4 Å². The molecule has 3 aliphatic carbocycles. The van der Waals surface area contributed by atoms with E-state index in [0.717, 1.165) is 74.2 Å². The number of nitrogens with one attached hydrogen (secondary N) is 2. The lowest BCUT2D eigenvalue weighted by Gasteiger charge is -2.45. The van der Waals surface area contributed by atoms with E-state index in [-0.39, 0.29) is 35.6 Å². The fourth-order valence-corrected chi connectivity index (χ4v) is 7.30. The zero-order chi connectivity index (χ0) is 26.6. The minimum atomic E-state index is -0.200. The molecule has 5 nitrogen and oxygen atoms in total. The van der Waals surface area contributed by atoms with Gasteiger partial charge in [0, 0.05) is 48.1 Å². The lowest BCUT2D eigenvalue weighted by Crippen LogP contribution is -2.51. The predicted octanol–water partition coefficient (Wildman–Crippen LogP) is 6.29. The van der Waals surface area contributed by atoms with Crippen molar-refractivity contribution in [2.45, 2.75) is 57.5 Å². The summed E-state index contributed by atoms with van der Waals surface area (Å²) < 4.78 is 6.56. The number of carbonyl (C=O) groups excluding carboxylic acids is 1. The van der Waals surface area contributed by atoms with Crippen LogP contribution in [0.4, 0.5) is 0 Å². The number of amides is 1. The Labute approximate surface area is 240 Å². The number of benzene rings is 1. The summed E-state index contributed by atoms with van der Waals surface area (Å²) in [6.07, 6.45) is 9.40. The molecule has 1 saturated carbocycles. The van der Waals surface area contributed by atoms with Crippen LogP contribution < -0.4 is 5.32 Å². The highest BCUT2D eigenvalue weighted by molar-refractivity contribution is 9.12. The number of carbonyl (C=O) groups is 1. The van der Waals surface area contributed by atoms with Crippen molar-refractivity contribution in [2.75, 3.05) is 26.3 Å². The molecule has 2 N–H and O–H groups in total. The van der Waals surface area contributed by atoms with E-state index < -0.39 is 0 Å². The minimum absolute atomic E-state index is 0.0865. The quantitative estimate of drug-likeness (QED) is 0.299. The van der Waals surface area contributed by atoms with Crippen LogP contribution in [0.5, 0.6) is 0 Å². The Kier molecular flexibility index (Phi) is 9.10. The molecule has 0 spiro atoms. The summed E-state index contributed by atoms with van der Waals surface area (Å²) in [6.45, 7) is 5.73. The van der Waals surface area contributed by atoms with E-state index in [4.69, 9.17) is 21.7 Å². The zero-order valence-corrected chi connectivity index (χ0v) is 24.4. The summed E-state index contributed by atoms with van der Waals surface area (Å²) in [7, 11) is 0. The second-order valence-electron chi connectivity index (χ2n) is 11.1. The van der Waals surface area contributed by atoms with Crippen molar-refractivity contribution in [3.05, 3.63) is 57.1 Å². The van der Waals surface area contributed by atoms with E-state index in [0.29, 0.717) is 17.5 Å². The third kappa shape index (κ3) is 6.45. The summed E-state index contributed by atoms with van der Waals surface area (Å²) in [5, 5.41) is 12.2. The van der Waals surface area contributed by atoms with Gasteiger partial charge in [0.05, 0.1) is 23.7 Å². The highest BCUT2D eigenvalue weighted by Gasteiger charge is 2.43. The Morgan fingerprint density at radius 2 is 1.97 bits per heavy atom. The normalized spacial score (nSPS) is 30.9. The summed E-state index contributed by atoms with van der Waals surface area (Å²) in [4.78, 5) is 16.7. The zero-order valence-electron chi connectivity index (χ0n) is 22.0.